The minimum atomic E-state index is 0.951. The highest BCUT2D eigenvalue weighted by atomic mass is 79.9. The number of benzene rings is 2. The molecule has 0 spiro atoms. The number of hydrogen-bond acceptors (Lipinski definition) is 2. The Morgan fingerprint density at radius 2 is 1.67 bits per heavy atom. The molecule has 0 aliphatic carbocycles. The smallest absolute Gasteiger partial charge is 0.138 e. The summed E-state index contributed by atoms with van der Waals surface area (Å²) in [5.74, 6) is 0. The molecule has 0 saturated heterocycles. The number of halogens is 1. The third-order valence-corrected chi connectivity index (χ3v) is 5.38. The van der Waals surface area contributed by atoms with E-state index < -0.39 is 0 Å². The van der Waals surface area contributed by atoms with E-state index in [1.807, 2.05) is 18.2 Å². The summed E-state index contributed by atoms with van der Waals surface area (Å²) in [5, 5.41) is 1.13. The van der Waals surface area contributed by atoms with Crippen molar-refractivity contribution in [3.63, 3.8) is 0 Å². The molecule has 0 aliphatic heterocycles. The lowest BCUT2D eigenvalue weighted by molar-refractivity contribution is 1.04. The molecular formula is C20H15BrN2S. The van der Waals surface area contributed by atoms with E-state index in [0.717, 1.165) is 26.4 Å². The van der Waals surface area contributed by atoms with Gasteiger partial charge in [0, 0.05) is 21.1 Å². The molecule has 4 heteroatoms. The number of fused-ring (bicyclic) bond motifs is 1. The van der Waals surface area contributed by atoms with Crippen LogP contribution in [0.3, 0.4) is 0 Å². The van der Waals surface area contributed by atoms with Crippen LogP contribution in [-0.2, 0) is 0 Å². The van der Waals surface area contributed by atoms with Gasteiger partial charge in [-0.1, -0.05) is 59.8 Å². The zero-order valence-corrected chi connectivity index (χ0v) is 15.5. The van der Waals surface area contributed by atoms with Crippen molar-refractivity contribution in [1.29, 1.82) is 0 Å². The Balaban J connectivity index is 1.91. The molecule has 0 unspecified atom stereocenters. The van der Waals surface area contributed by atoms with E-state index in [4.69, 9.17) is 4.98 Å². The fourth-order valence-corrected chi connectivity index (χ4v) is 3.95. The molecule has 4 aromatic rings. The monoisotopic (exact) mass is 394 g/mol. The van der Waals surface area contributed by atoms with Crippen LogP contribution in [0.15, 0.2) is 87.3 Å². The van der Waals surface area contributed by atoms with Crippen LogP contribution in [0.25, 0.3) is 16.9 Å². The molecular weight excluding hydrogens is 380 g/mol. The Morgan fingerprint density at radius 3 is 2.42 bits per heavy atom. The molecule has 0 atom stereocenters. The molecule has 2 aromatic heterocycles. The van der Waals surface area contributed by atoms with Crippen LogP contribution in [0.2, 0.25) is 0 Å². The number of pyridine rings is 1. The van der Waals surface area contributed by atoms with Gasteiger partial charge in [-0.3, -0.25) is 4.40 Å². The fourth-order valence-electron chi connectivity index (χ4n) is 2.59. The maximum absolute atomic E-state index is 4.87. The van der Waals surface area contributed by atoms with Gasteiger partial charge in [0.1, 0.15) is 16.4 Å². The lowest BCUT2D eigenvalue weighted by Gasteiger charge is -2.06. The van der Waals surface area contributed by atoms with E-state index in [2.05, 4.69) is 82.0 Å². The second-order valence-electron chi connectivity index (χ2n) is 5.62. The normalized spacial score (nSPS) is 11.1. The first kappa shape index (κ1) is 15.5. The lowest BCUT2D eigenvalue weighted by Crippen LogP contribution is -1.87. The summed E-state index contributed by atoms with van der Waals surface area (Å²) in [6, 6.07) is 23.0. The van der Waals surface area contributed by atoms with Crippen LogP contribution >= 0.6 is 27.7 Å². The SMILES string of the molecule is Cc1ccc(-c2nc3ccc(Br)cn3c2Sc2ccccc2)cc1. The summed E-state index contributed by atoms with van der Waals surface area (Å²) in [4.78, 5) is 6.07. The molecule has 24 heavy (non-hydrogen) atoms. The number of rotatable bonds is 3. The molecule has 0 saturated carbocycles. The van der Waals surface area contributed by atoms with E-state index in [1.54, 1.807) is 11.8 Å². The highest BCUT2D eigenvalue weighted by molar-refractivity contribution is 9.10. The van der Waals surface area contributed by atoms with Crippen LogP contribution in [0.4, 0.5) is 0 Å². The molecule has 0 N–H and O–H groups in total. The average Bonchev–Trinajstić information content (AvgIpc) is 2.94. The molecule has 0 aliphatic rings. The van der Waals surface area contributed by atoms with Crippen molar-refractivity contribution in [3.05, 3.63) is 83.0 Å². The van der Waals surface area contributed by atoms with Gasteiger partial charge in [0.15, 0.2) is 0 Å². The molecule has 2 aromatic carbocycles. The van der Waals surface area contributed by atoms with Crippen LogP contribution in [0, 0.1) is 6.92 Å². The summed E-state index contributed by atoms with van der Waals surface area (Å²) < 4.78 is 3.19. The quantitative estimate of drug-likeness (QED) is 0.410. The Labute approximate surface area is 153 Å². The van der Waals surface area contributed by atoms with Crippen LogP contribution in [0.1, 0.15) is 5.56 Å². The van der Waals surface area contributed by atoms with Crippen LogP contribution in [-0.4, -0.2) is 9.38 Å². The second kappa shape index (κ2) is 6.46. The van der Waals surface area contributed by atoms with Gasteiger partial charge in [-0.25, -0.2) is 4.98 Å². The first-order valence-electron chi connectivity index (χ1n) is 7.68. The van der Waals surface area contributed by atoms with Crippen molar-refractivity contribution in [2.75, 3.05) is 0 Å². The van der Waals surface area contributed by atoms with Crippen molar-refractivity contribution in [2.24, 2.45) is 0 Å². The van der Waals surface area contributed by atoms with Crippen LogP contribution in [0.5, 0.6) is 0 Å². The number of imidazole rings is 1. The lowest BCUT2D eigenvalue weighted by atomic mass is 10.1. The largest absolute Gasteiger partial charge is 0.293 e. The highest BCUT2D eigenvalue weighted by Crippen LogP contribution is 2.37. The van der Waals surface area contributed by atoms with Crippen molar-refractivity contribution in [1.82, 2.24) is 9.38 Å². The molecule has 0 amide bonds. The molecule has 4 rings (SSSR count). The van der Waals surface area contributed by atoms with Gasteiger partial charge < -0.3 is 0 Å². The average molecular weight is 395 g/mol. The van der Waals surface area contributed by atoms with E-state index in [0.29, 0.717) is 0 Å². The van der Waals surface area contributed by atoms with Crippen LogP contribution < -0.4 is 0 Å². The summed E-state index contributed by atoms with van der Waals surface area (Å²) >= 11 is 5.31. The van der Waals surface area contributed by atoms with Crippen molar-refractivity contribution in [3.8, 4) is 11.3 Å². The summed E-state index contributed by atoms with van der Waals surface area (Å²) in [7, 11) is 0. The van der Waals surface area contributed by atoms with Gasteiger partial charge >= 0.3 is 0 Å². The fraction of sp³-hybridized carbons (Fsp3) is 0.0500. The Hall–Kier alpha value is -2.04. The molecule has 0 radical (unpaired) electrons. The molecule has 2 heterocycles. The van der Waals surface area contributed by atoms with E-state index in [1.165, 1.54) is 10.5 Å². The molecule has 0 fully saturated rings. The van der Waals surface area contributed by atoms with Gasteiger partial charge in [0.2, 0.25) is 0 Å². The number of aryl methyl sites for hydroxylation is 1. The van der Waals surface area contributed by atoms with Gasteiger partial charge in [-0.05, 0) is 47.1 Å². The van der Waals surface area contributed by atoms with Gasteiger partial charge in [-0.2, -0.15) is 0 Å². The van der Waals surface area contributed by atoms with E-state index >= 15 is 0 Å². The maximum Gasteiger partial charge on any atom is 0.138 e. The molecule has 0 bridgehead atoms. The topological polar surface area (TPSA) is 17.3 Å². The van der Waals surface area contributed by atoms with Crippen molar-refractivity contribution >= 4 is 33.3 Å². The van der Waals surface area contributed by atoms with Gasteiger partial charge in [-0.15, -0.1) is 0 Å². The summed E-state index contributed by atoms with van der Waals surface area (Å²) in [6.45, 7) is 2.10. The molecule has 2 nitrogen and oxygen atoms in total. The first-order valence-corrected chi connectivity index (χ1v) is 9.29. The third kappa shape index (κ3) is 2.99. The zero-order valence-electron chi connectivity index (χ0n) is 13.1. The highest BCUT2D eigenvalue weighted by Gasteiger charge is 2.15. The van der Waals surface area contributed by atoms with E-state index in [9.17, 15) is 0 Å². The number of hydrogen-bond donors (Lipinski definition) is 0. The van der Waals surface area contributed by atoms with Crippen molar-refractivity contribution in [2.45, 2.75) is 16.8 Å². The third-order valence-electron chi connectivity index (χ3n) is 3.82. The van der Waals surface area contributed by atoms with Gasteiger partial charge in [0.05, 0.1) is 0 Å². The standard InChI is InChI=1S/C20H15BrN2S/c1-14-7-9-15(10-8-14)19-20(24-17-5-3-2-4-6-17)23-13-16(21)11-12-18(23)22-19/h2-13H,1H3. The van der Waals surface area contributed by atoms with E-state index in [-0.39, 0.29) is 0 Å². The number of aromatic nitrogens is 2. The predicted molar refractivity (Wildman–Crippen MR) is 104 cm³/mol. The minimum Gasteiger partial charge on any atom is -0.293 e. The van der Waals surface area contributed by atoms with Gasteiger partial charge in [0.25, 0.3) is 0 Å². The summed E-state index contributed by atoms with van der Waals surface area (Å²) in [6.07, 6.45) is 2.07. The Bertz CT molecular complexity index is 992. The van der Waals surface area contributed by atoms with Crippen molar-refractivity contribution < 1.29 is 0 Å². The maximum atomic E-state index is 4.87. The predicted octanol–water partition coefficient (Wildman–Crippen LogP) is 6.22. The number of nitrogens with zero attached hydrogens (tertiary/aromatic N) is 2. The summed E-state index contributed by atoms with van der Waals surface area (Å²) in [5.41, 5.74) is 4.36. The Kier molecular flexibility index (Phi) is 4.17. The zero-order chi connectivity index (χ0) is 16.5. The Morgan fingerprint density at radius 1 is 0.917 bits per heavy atom. The second-order valence-corrected chi connectivity index (χ2v) is 7.60. The molecule has 118 valence electrons. The minimum absolute atomic E-state index is 0.951. The first-order chi connectivity index (χ1) is 11.7.